The maximum absolute atomic E-state index is 12.3. The minimum Gasteiger partial charge on any atom is -0.454 e. The molecule has 1 amide bonds. The van der Waals surface area contributed by atoms with E-state index in [4.69, 9.17) is 9.47 Å². The number of amides is 1. The maximum atomic E-state index is 12.3. The molecule has 2 aromatic carbocycles. The Morgan fingerprint density at radius 2 is 1.73 bits per heavy atom. The van der Waals surface area contributed by atoms with Gasteiger partial charge in [-0.25, -0.2) is 0 Å². The highest BCUT2D eigenvalue weighted by Gasteiger charge is 2.16. The minimum atomic E-state index is -0.119. The van der Waals surface area contributed by atoms with E-state index in [1.165, 1.54) is 5.69 Å². The molecule has 1 saturated heterocycles. The van der Waals surface area contributed by atoms with Crippen molar-refractivity contribution in [1.29, 1.82) is 0 Å². The number of nitrogens with one attached hydrogen (secondary N) is 1. The fourth-order valence-corrected chi connectivity index (χ4v) is 3.21. The van der Waals surface area contributed by atoms with E-state index in [9.17, 15) is 4.79 Å². The van der Waals surface area contributed by atoms with Crippen LogP contribution in [0.25, 0.3) is 0 Å². The molecule has 2 aromatic rings. The van der Waals surface area contributed by atoms with Gasteiger partial charge in [0.1, 0.15) is 0 Å². The van der Waals surface area contributed by atoms with Crippen LogP contribution in [0.4, 0.5) is 5.69 Å². The molecule has 0 unspecified atom stereocenters. The molecule has 6 nitrogen and oxygen atoms in total. The van der Waals surface area contributed by atoms with Crippen molar-refractivity contribution in [1.82, 2.24) is 10.2 Å². The molecule has 26 heavy (non-hydrogen) atoms. The Kier molecular flexibility index (Phi) is 4.67. The lowest BCUT2D eigenvalue weighted by Gasteiger charge is -2.34. The van der Waals surface area contributed by atoms with Crippen LogP contribution in [0, 0.1) is 0 Å². The summed E-state index contributed by atoms with van der Waals surface area (Å²) in [4.78, 5) is 17.1. The third-order valence-electron chi connectivity index (χ3n) is 4.89. The molecule has 6 heteroatoms. The Labute approximate surface area is 153 Å². The lowest BCUT2D eigenvalue weighted by Crippen LogP contribution is -2.44. The second-order valence-corrected chi connectivity index (χ2v) is 6.71. The second-order valence-electron chi connectivity index (χ2n) is 6.71. The zero-order chi connectivity index (χ0) is 17.9. The van der Waals surface area contributed by atoms with E-state index in [1.807, 2.05) is 0 Å². The van der Waals surface area contributed by atoms with Crippen molar-refractivity contribution in [3.8, 4) is 11.5 Å². The van der Waals surface area contributed by atoms with Crippen LogP contribution in [0.15, 0.2) is 42.5 Å². The number of benzene rings is 2. The average molecular weight is 353 g/mol. The summed E-state index contributed by atoms with van der Waals surface area (Å²) in [6, 6.07) is 13.7. The van der Waals surface area contributed by atoms with E-state index < -0.39 is 0 Å². The van der Waals surface area contributed by atoms with Gasteiger partial charge in [-0.1, -0.05) is 12.1 Å². The summed E-state index contributed by atoms with van der Waals surface area (Å²) in [7, 11) is 2.16. The summed E-state index contributed by atoms with van der Waals surface area (Å²) in [5.41, 5.74) is 2.89. The molecule has 0 spiro atoms. The van der Waals surface area contributed by atoms with Gasteiger partial charge in [-0.15, -0.1) is 0 Å². The van der Waals surface area contributed by atoms with Gasteiger partial charge in [0.25, 0.3) is 5.91 Å². The Morgan fingerprint density at radius 1 is 1.00 bits per heavy atom. The van der Waals surface area contributed by atoms with E-state index in [0.29, 0.717) is 23.6 Å². The van der Waals surface area contributed by atoms with Gasteiger partial charge in [-0.2, -0.15) is 0 Å². The van der Waals surface area contributed by atoms with Crippen molar-refractivity contribution < 1.29 is 14.3 Å². The van der Waals surface area contributed by atoms with Gasteiger partial charge in [0.2, 0.25) is 6.79 Å². The molecule has 0 atom stereocenters. The third kappa shape index (κ3) is 3.60. The Balaban J connectivity index is 1.33. The molecule has 0 bridgehead atoms. The first-order valence-corrected chi connectivity index (χ1v) is 8.89. The first-order valence-electron chi connectivity index (χ1n) is 8.89. The van der Waals surface area contributed by atoms with E-state index in [1.54, 1.807) is 18.2 Å². The Morgan fingerprint density at radius 3 is 2.50 bits per heavy atom. The van der Waals surface area contributed by atoms with Crippen LogP contribution in [0.2, 0.25) is 0 Å². The summed E-state index contributed by atoms with van der Waals surface area (Å²) in [6.07, 6.45) is 0. The maximum Gasteiger partial charge on any atom is 0.251 e. The van der Waals surface area contributed by atoms with E-state index in [-0.39, 0.29) is 12.7 Å². The van der Waals surface area contributed by atoms with Crippen molar-refractivity contribution >= 4 is 11.6 Å². The molecule has 0 aromatic heterocycles. The highest BCUT2D eigenvalue weighted by molar-refractivity contribution is 5.94. The third-order valence-corrected chi connectivity index (χ3v) is 4.89. The predicted octanol–water partition coefficient (Wildman–Crippen LogP) is 2.10. The van der Waals surface area contributed by atoms with Crippen LogP contribution in [0.1, 0.15) is 15.9 Å². The zero-order valence-corrected chi connectivity index (χ0v) is 14.9. The number of fused-ring (bicyclic) bond motifs is 1. The van der Waals surface area contributed by atoms with Crippen LogP contribution in [0.5, 0.6) is 11.5 Å². The molecule has 2 aliphatic heterocycles. The van der Waals surface area contributed by atoms with Gasteiger partial charge in [0.05, 0.1) is 0 Å². The number of likely N-dealkylation sites (N-methyl/N-ethyl adjacent to an activating group) is 1. The van der Waals surface area contributed by atoms with Gasteiger partial charge < -0.3 is 24.6 Å². The predicted molar refractivity (Wildman–Crippen MR) is 99.9 cm³/mol. The fourth-order valence-electron chi connectivity index (χ4n) is 3.21. The van der Waals surface area contributed by atoms with Gasteiger partial charge >= 0.3 is 0 Å². The Bertz CT molecular complexity index is 783. The summed E-state index contributed by atoms with van der Waals surface area (Å²) >= 11 is 0. The molecular formula is C20H23N3O3. The van der Waals surface area contributed by atoms with Crippen molar-refractivity contribution in [2.45, 2.75) is 6.54 Å². The first-order chi connectivity index (χ1) is 12.7. The number of carbonyl (C=O) groups excluding carboxylic acids is 1. The molecule has 4 rings (SSSR count). The van der Waals surface area contributed by atoms with E-state index in [0.717, 1.165) is 31.7 Å². The van der Waals surface area contributed by atoms with Crippen molar-refractivity contribution in [2.75, 3.05) is 44.9 Å². The van der Waals surface area contributed by atoms with Gasteiger partial charge in [0, 0.05) is 44.0 Å². The second kappa shape index (κ2) is 7.25. The number of hydrogen-bond donors (Lipinski definition) is 1. The van der Waals surface area contributed by atoms with Crippen LogP contribution in [0.3, 0.4) is 0 Å². The summed E-state index contributed by atoms with van der Waals surface area (Å²) in [5.74, 6) is 1.18. The molecule has 2 heterocycles. The van der Waals surface area contributed by atoms with Crippen molar-refractivity contribution in [3.05, 3.63) is 53.6 Å². The molecule has 0 saturated carbocycles. The molecule has 1 N–H and O–H groups in total. The summed E-state index contributed by atoms with van der Waals surface area (Å²) in [6.45, 7) is 4.99. The quantitative estimate of drug-likeness (QED) is 0.912. The van der Waals surface area contributed by atoms with E-state index in [2.05, 4.69) is 46.4 Å². The standard InChI is InChI=1S/C20H23N3O3/c1-22-8-10-23(11-9-22)17-5-2-15(3-6-17)13-21-20(24)16-4-7-18-19(12-16)26-14-25-18/h2-7,12H,8-11,13-14H2,1H3,(H,21,24). The van der Waals surface area contributed by atoms with Crippen molar-refractivity contribution in [3.63, 3.8) is 0 Å². The largest absolute Gasteiger partial charge is 0.454 e. The SMILES string of the molecule is CN1CCN(c2ccc(CNC(=O)c3ccc4c(c3)OCO4)cc2)CC1. The van der Waals surface area contributed by atoms with Gasteiger partial charge in [-0.3, -0.25) is 4.79 Å². The van der Waals surface area contributed by atoms with Crippen LogP contribution < -0.4 is 19.7 Å². The number of hydrogen-bond acceptors (Lipinski definition) is 5. The lowest BCUT2D eigenvalue weighted by molar-refractivity contribution is 0.0950. The van der Waals surface area contributed by atoms with Gasteiger partial charge in [-0.05, 0) is 42.9 Å². The summed E-state index contributed by atoms with van der Waals surface area (Å²) < 4.78 is 10.6. The molecule has 0 aliphatic carbocycles. The number of anilines is 1. The summed E-state index contributed by atoms with van der Waals surface area (Å²) in [5, 5.41) is 2.96. The fraction of sp³-hybridized carbons (Fsp3) is 0.350. The van der Waals surface area contributed by atoms with Gasteiger partial charge in [0.15, 0.2) is 11.5 Å². The van der Waals surface area contributed by atoms with Crippen molar-refractivity contribution in [2.24, 2.45) is 0 Å². The topological polar surface area (TPSA) is 54.0 Å². The number of piperazine rings is 1. The first kappa shape index (κ1) is 16.7. The molecule has 0 radical (unpaired) electrons. The molecule has 1 fully saturated rings. The molecule has 2 aliphatic rings. The highest BCUT2D eigenvalue weighted by Crippen LogP contribution is 2.32. The van der Waals surface area contributed by atoms with Crippen LogP contribution >= 0.6 is 0 Å². The molecule has 136 valence electrons. The number of nitrogens with zero attached hydrogens (tertiary/aromatic N) is 2. The lowest BCUT2D eigenvalue weighted by atomic mass is 10.1. The highest BCUT2D eigenvalue weighted by atomic mass is 16.7. The number of ether oxygens (including phenoxy) is 2. The number of rotatable bonds is 4. The zero-order valence-electron chi connectivity index (χ0n) is 14.9. The molecular weight excluding hydrogens is 330 g/mol. The van der Waals surface area contributed by atoms with Crippen LogP contribution in [-0.2, 0) is 6.54 Å². The number of carbonyl (C=O) groups is 1. The smallest absolute Gasteiger partial charge is 0.251 e. The normalized spacial score (nSPS) is 16.6. The van der Waals surface area contributed by atoms with Crippen LogP contribution in [-0.4, -0.2) is 50.8 Å². The average Bonchev–Trinajstić information content (AvgIpc) is 3.15. The Hall–Kier alpha value is -2.73. The van der Waals surface area contributed by atoms with E-state index >= 15 is 0 Å². The minimum absolute atomic E-state index is 0.119. The monoisotopic (exact) mass is 353 g/mol.